The lowest BCUT2D eigenvalue weighted by Crippen LogP contribution is -2.10. The third-order valence-electron chi connectivity index (χ3n) is 10.4. The number of fused-ring (bicyclic) bond motifs is 2. The van der Waals surface area contributed by atoms with Crippen LogP contribution >= 0.6 is 0 Å². The summed E-state index contributed by atoms with van der Waals surface area (Å²) in [5.74, 6) is 4.85. The third kappa shape index (κ3) is 9.60. The SMILES string of the molecule is COc1cc(-c2cc3c(N[C@H](C)c4cccc(C)c4)nc(C)nc3cc2OC)ccn1.COc1cc2nc(C)nc(N[C@H](C)c3cccc(C)c3)c2cc1-c1cc[nH]c(=O)c1. The van der Waals surface area contributed by atoms with Gasteiger partial charge in [-0.05, 0) is 88.1 Å². The summed E-state index contributed by atoms with van der Waals surface area (Å²) < 4.78 is 16.6. The van der Waals surface area contributed by atoms with Gasteiger partial charge in [0.05, 0.1) is 32.4 Å². The number of aromatic nitrogens is 6. The molecule has 0 unspecified atom stereocenters. The number of nitrogens with zero attached hydrogens (tertiary/aromatic N) is 5. The molecule has 12 heteroatoms. The zero-order chi connectivity index (χ0) is 43.2. The summed E-state index contributed by atoms with van der Waals surface area (Å²) in [7, 11) is 4.88. The van der Waals surface area contributed by atoms with Gasteiger partial charge in [-0.3, -0.25) is 4.79 Å². The average Bonchev–Trinajstić information content (AvgIpc) is 3.25. The second-order valence-corrected chi connectivity index (χ2v) is 15.0. The lowest BCUT2D eigenvalue weighted by molar-refractivity contribution is 0.398. The van der Waals surface area contributed by atoms with Gasteiger partial charge in [-0.15, -0.1) is 0 Å². The summed E-state index contributed by atoms with van der Waals surface area (Å²) in [6.45, 7) is 12.2. The van der Waals surface area contributed by atoms with Crippen LogP contribution in [0.3, 0.4) is 0 Å². The molecule has 4 aromatic heterocycles. The molecule has 4 aromatic carbocycles. The highest BCUT2D eigenvalue weighted by Crippen LogP contribution is 2.38. The van der Waals surface area contributed by atoms with Crippen LogP contribution in [0.25, 0.3) is 44.1 Å². The Morgan fingerprint density at radius 3 is 1.54 bits per heavy atom. The molecule has 310 valence electrons. The number of hydrogen-bond acceptors (Lipinski definition) is 11. The van der Waals surface area contributed by atoms with E-state index in [1.807, 2.05) is 50.2 Å². The van der Waals surface area contributed by atoms with Crippen molar-refractivity contribution in [3.63, 3.8) is 0 Å². The number of nitrogens with one attached hydrogen (secondary N) is 3. The number of anilines is 2. The van der Waals surface area contributed by atoms with Gasteiger partial charge in [0.2, 0.25) is 11.4 Å². The molecule has 8 aromatic rings. The predicted molar refractivity (Wildman–Crippen MR) is 244 cm³/mol. The van der Waals surface area contributed by atoms with Crippen molar-refractivity contribution in [1.29, 1.82) is 0 Å². The summed E-state index contributed by atoms with van der Waals surface area (Å²) in [5, 5.41) is 8.91. The van der Waals surface area contributed by atoms with Gasteiger partial charge < -0.3 is 29.8 Å². The van der Waals surface area contributed by atoms with Gasteiger partial charge in [0.1, 0.15) is 34.8 Å². The molecule has 0 fully saturated rings. The van der Waals surface area contributed by atoms with E-state index in [0.29, 0.717) is 23.3 Å². The fourth-order valence-electron chi connectivity index (χ4n) is 7.31. The summed E-state index contributed by atoms with van der Waals surface area (Å²) in [6, 6.07) is 32.2. The lowest BCUT2D eigenvalue weighted by Gasteiger charge is -2.18. The second-order valence-electron chi connectivity index (χ2n) is 15.0. The Labute approximate surface area is 355 Å². The van der Waals surface area contributed by atoms with Crippen LogP contribution in [0.4, 0.5) is 11.6 Å². The van der Waals surface area contributed by atoms with Gasteiger partial charge in [-0.1, -0.05) is 59.7 Å². The van der Waals surface area contributed by atoms with Crippen molar-refractivity contribution >= 4 is 33.4 Å². The van der Waals surface area contributed by atoms with Crippen molar-refractivity contribution in [2.45, 2.75) is 53.6 Å². The molecular formula is C49H50N8O4. The zero-order valence-corrected chi connectivity index (χ0v) is 35.9. The minimum Gasteiger partial charge on any atom is -0.496 e. The molecule has 0 aliphatic rings. The third-order valence-corrected chi connectivity index (χ3v) is 10.4. The Bertz CT molecular complexity index is 2910. The van der Waals surface area contributed by atoms with E-state index >= 15 is 0 Å². The summed E-state index contributed by atoms with van der Waals surface area (Å²) in [5.41, 5.74) is 9.74. The first-order chi connectivity index (χ1) is 29.4. The Morgan fingerprint density at radius 2 is 1.08 bits per heavy atom. The smallest absolute Gasteiger partial charge is 0.248 e. The van der Waals surface area contributed by atoms with E-state index in [1.54, 1.807) is 39.8 Å². The normalized spacial score (nSPS) is 12.0. The molecule has 3 N–H and O–H groups in total. The van der Waals surface area contributed by atoms with Crippen molar-refractivity contribution < 1.29 is 14.2 Å². The molecule has 4 heterocycles. The van der Waals surface area contributed by atoms with Crippen molar-refractivity contribution in [2.75, 3.05) is 32.0 Å². The van der Waals surface area contributed by atoms with Crippen LogP contribution < -0.4 is 30.4 Å². The van der Waals surface area contributed by atoms with Crippen LogP contribution in [-0.4, -0.2) is 51.2 Å². The fraction of sp³-hybridized carbons (Fsp3) is 0.224. The maximum Gasteiger partial charge on any atom is 0.248 e. The standard InChI is InChI=1S/C25H26N4O2.C24H24N4O2/c1-15-7-6-8-18(11-15)16(2)27-25-21-13-20(19-9-10-26-24(12-19)31-5)23(30-4)14-22(21)28-17(3)29-25;1-14-6-5-7-17(10-14)15(2)26-24-20-12-19(18-8-9-25-23(29)11-18)22(30-4)13-21(20)27-16(3)28-24/h6-14,16H,1-5H3,(H,27,28,29);5-13,15H,1-4H3,(H,25,29)(H,26,27,28)/t16-;15-/m11/s1. The van der Waals surface area contributed by atoms with Gasteiger partial charge in [0.15, 0.2) is 0 Å². The van der Waals surface area contributed by atoms with Crippen molar-refractivity contribution in [2.24, 2.45) is 0 Å². The highest BCUT2D eigenvalue weighted by Gasteiger charge is 2.18. The van der Waals surface area contributed by atoms with E-state index in [4.69, 9.17) is 19.2 Å². The molecule has 2 atom stereocenters. The Hall–Kier alpha value is -7.34. The van der Waals surface area contributed by atoms with E-state index in [1.165, 1.54) is 22.3 Å². The molecule has 0 spiro atoms. The van der Waals surface area contributed by atoms with Crippen molar-refractivity contribution in [3.8, 4) is 39.6 Å². The number of pyridine rings is 2. The first-order valence-corrected chi connectivity index (χ1v) is 20.0. The molecule has 0 bridgehead atoms. The molecule has 0 aliphatic carbocycles. The monoisotopic (exact) mass is 814 g/mol. The predicted octanol–water partition coefficient (Wildman–Crippen LogP) is 10.3. The van der Waals surface area contributed by atoms with E-state index < -0.39 is 0 Å². The zero-order valence-electron chi connectivity index (χ0n) is 35.9. The molecule has 0 aliphatic heterocycles. The molecular weight excluding hydrogens is 765 g/mol. The molecule has 12 nitrogen and oxygen atoms in total. The number of aryl methyl sites for hydroxylation is 4. The maximum absolute atomic E-state index is 11.8. The summed E-state index contributed by atoms with van der Waals surface area (Å²) in [4.78, 5) is 37.3. The van der Waals surface area contributed by atoms with Gasteiger partial charge >= 0.3 is 0 Å². The number of aromatic amines is 1. The number of rotatable bonds is 11. The van der Waals surface area contributed by atoms with Crippen LogP contribution in [-0.2, 0) is 0 Å². The van der Waals surface area contributed by atoms with Gasteiger partial charge in [-0.2, -0.15) is 0 Å². The quantitative estimate of drug-likeness (QED) is 0.115. The highest BCUT2D eigenvalue weighted by molar-refractivity contribution is 5.96. The number of hydrogen-bond donors (Lipinski definition) is 3. The first kappa shape index (κ1) is 41.8. The van der Waals surface area contributed by atoms with E-state index in [2.05, 4.69) is 118 Å². The molecule has 0 amide bonds. The number of H-pyrrole nitrogens is 1. The van der Waals surface area contributed by atoms with Crippen LogP contribution in [0.1, 0.15) is 59.8 Å². The minimum atomic E-state index is -0.166. The largest absolute Gasteiger partial charge is 0.496 e. The van der Waals surface area contributed by atoms with Crippen LogP contribution in [0.2, 0.25) is 0 Å². The van der Waals surface area contributed by atoms with Gasteiger partial charge in [0, 0.05) is 70.6 Å². The highest BCUT2D eigenvalue weighted by atomic mass is 16.5. The minimum absolute atomic E-state index is 0.0625. The fourth-order valence-corrected chi connectivity index (χ4v) is 7.31. The second kappa shape index (κ2) is 18.3. The summed E-state index contributed by atoms with van der Waals surface area (Å²) in [6.07, 6.45) is 3.36. The number of ether oxygens (including phenoxy) is 3. The van der Waals surface area contributed by atoms with Crippen molar-refractivity contribution in [1.82, 2.24) is 29.9 Å². The Morgan fingerprint density at radius 1 is 0.574 bits per heavy atom. The molecule has 8 rings (SSSR count). The average molecular weight is 815 g/mol. The Balaban J connectivity index is 0.000000184. The number of methoxy groups -OCH3 is 3. The van der Waals surface area contributed by atoms with Crippen molar-refractivity contribution in [3.05, 3.63) is 154 Å². The van der Waals surface area contributed by atoms with Crippen LogP contribution in [0, 0.1) is 27.7 Å². The molecule has 0 radical (unpaired) electrons. The first-order valence-electron chi connectivity index (χ1n) is 20.0. The van der Waals surface area contributed by atoms with Crippen LogP contribution in [0.5, 0.6) is 17.4 Å². The Kier molecular flexibility index (Phi) is 12.5. The molecule has 0 saturated heterocycles. The van der Waals surface area contributed by atoms with Gasteiger partial charge in [-0.25, -0.2) is 24.9 Å². The summed E-state index contributed by atoms with van der Waals surface area (Å²) >= 11 is 0. The lowest BCUT2D eigenvalue weighted by atomic mass is 10.0. The van der Waals surface area contributed by atoms with Gasteiger partial charge in [0.25, 0.3) is 0 Å². The molecule has 0 saturated carbocycles. The van der Waals surface area contributed by atoms with E-state index in [9.17, 15) is 4.79 Å². The maximum atomic E-state index is 11.8. The molecule has 61 heavy (non-hydrogen) atoms. The topological polar surface area (TPSA) is 149 Å². The van der Waals surface area contributed by atoms with E-state index in [0.717, 1.165) is 61.4 Å². The van der Waals surface area contributed by atoms with Crippen LogP contribution in [0.15, 0.2) is 114 Å². The van der Waals surface area contributed by atoms with E-state index in [-0.39, 0.29) is 17.6 Å². The number of benzene rings is 4.